The zero-order valence-electron chi connectivity index (χ0n) is 16.7. The molecule has 0 radical (unpaired) electrons. The molecule has 1 heterocycles. The van der Waals surface area contributed by atoms with Crippen molar-refractivity contribution in [3.63, 3.8) is 0 Å². The summed E-state index contributed by atoms with van der Waals surface area (Å²) in [6, 6.07) is 10.7. The first-order valence-corrected chi connectivity index (χ1v) is 9.37. The number of rotatable bonds is 4. The molecule has 1 heteroatoms. The first kappa shape index (κ1) is 18.8. The Bertz CT molecular complexity index is 997. The second-order valence-electron chi connectivity index (χ2n) is 7.32. The number of hydrogen-bond donors (Lipinski definition) is 0. The lowest BCUT2D eigenvalue weighted by Crippen LogP contribution is -2.14. The van der Waals surface area contributed by atoms with Gasteiger partial charge in [0, 0.05) is 17.2 Å². The van der Waals surface area contributed by atoms with Crippen LogP contribution in [0.15, 0.2) is 73.5 Å². The summed E-state index contributed by atoms with van der Waals surface area (Å²) < 4.78 is 0. The Labute approximate surface area is 163 Å². The largest absolute Gasteiger partial charge is 0.256 e. The lowest BCUT2D eigenvalue weighted by atomic mass is 9.82. The van der Waals surface area contributed by atoms with Crippen LogP contribution in [0.1, 0.15) is 55.6 Å². The van der Waals surface area contributed by atoms with Crippen LogP contribution in [0.2, 0.25) is 0 Å². The predicted octanol–water partition coefficient (Wildman–Crippen LogP) is 7.09. The number of hydrogen-bond acceptors (Lipinski definition) is 1. The summed E-state index contributed by atoms with van der Waals surface area (Å²) in [5, 5.41) is 0. The first-order valence-electron chi connectivity index (χ1n) is 9.37. The van der Waals surface area contributed by atoms with Gasteiger partial charge in [-0.25, -0.2) is 0 Å². The number of allylic oxidation sites excluding steroid dienone is 6. The van der Waals surface area contributed by atoms with Gasteiger partial charge < -0.3 is 0 Å². The fraction of sp³-hybridized carbons (Fsp3) is 0.192. The third kappa shape index (κ3) is 3.14. The van der Waals surface area contributed by atoms with Gasteiger partial charge in [-0.3, -0.25) is 4.98 Å². The van der Waals surface area contributed by atoms with E-state index in [0.717, 1.165) is 22.4 Å². The van der Waals surface area contributed by atoms with E-state index in [9.17, 15) is 0 Å². The van der Waals surface area contributed by atoms with E-state index in [0.29, 0.717) is 0 Å². The lowest BCUT2D eigenvalue weighted by Gasteiger charge is -2.21. The van der Waals surface area contributed by atoms with Crippen LogP contribution in [0.4, 0.5) is 0 Å². The summed E-state index contributed by atoms with van der Waals surface area (Å²) in [5.41, 5.74) is 9.22. The number of benzene rings is 1. The summed E-state index contributed by atoms with van der Waals surface area (Å²) in [6.45, 7) is 17.1. The highest BCUT2D eigenvalue weighted by Crippen LogP contribution is 2.50. The molecule has 27 heavy (non-hydrogen) atoms. The fourth-order valence-corrected chi connectivity index (χ4v) is 4.09. The Balaban J connectivity index is 2.17. The van der Waals surface area contributed by atoms with Crippen molar-refractivity contribution in [2.75, 3.05) is 0 Å². The summed E-state index contributed by atoms with van der Waals surface area (Å²) in [5.74, 6) is 0. The summed E-state index contributed by atoms with van der Waals surface area (Å²) in [6.07, 6.45) is 12.1. The average Bonchev–Trinajstić information content (AvgIpc) is 2.88. The first-order chi connectivity index (χ1) is 13.0. The molecule has 1 aliphatic carbocycles. The predicted molar refractivity (Wildman–Crippen MR) is 119 cm³/mol. The SMILES string of the molecule is C=Cc1c(C(=C)/C=C2\C(=C/C)C(C)(C)c3ccccc32)ccnc1/C=C\C. The third-order valence-electron chi connectivity index (χ3n) is 5.36. The van der Waals surface area contributed by atoms with Gasteiger partial charge in [0.1, 0.15) is 0 Å². The van der Waals surface area contributed by atoms with Gasteiger partial charge in [0.2, 0.25) is 0 Å². The van der Waals surface area contributed by atoms with Gasteiger partial charge in [0.05, 0.1) is 5.69 Å². The molecule has 3 rings (SSSR count). The van der Waals surface area contributed by atoms with Crippen molar-refractivity contribution in [3.05, 3.63) is 101 Å². The van der Waals surface area contributed by atoms with Crippen molar-refractivity contribution >= 4 is 23.3 Å². The Hall–Kier alpha value is -2.93. The molecule has 1 aromatic carbocycles. The van der Waals surface area contributed by atoms with E-state index in [1.165, 1.54) is 22.3 Å². The normalized spacial score (nSPS) is 18.2. The molecule has 1 nitrogen and oxygen atoms in total. The van der Waals surface area contributed by atoms with Gasteiger partial charge in [-0.1, -0.05) is 69.5 Å². The summed E-state index contributed by atoms with van der Waals surface area (Å²) in [4.78, 5) is 4.47. The monoisotopic (exact) mass is 353 g/mol. The average molecular weight is 354 g/mol. The Kier molecular flexibility index (Phi) is 5.14. The maximum atomic E-state index is 4.47. The van der Waals surface area contributed by atoms with Crippen LogP contribution in [0.5, 0.6) is 0 Å². The van der Waals surface area contributed by atoms with Gasteiger partial charge in [-0.2, -0.15) is 0 Å². The van der Waals surface area contributed by atoms with E-state index in [1.807, 2.05) is 37.4 Å². The van der Waals surface area contributed by atoms with Gasteiger partial charge in [-0.05, 0) is 65.5 Å². The zero-order valence-corrected chi connectivity index (χ0v) is 16.7. The molecule has 0 atom stereocenters. The van der Waals surface area contributed by atoms with E-state index in [-0.39, 0.29) is 5.41 Å². The molecule has 1 aromatic heterocycles. The lowest BCUT2D eigenvalue weighted by molar-refractivity contribution is 0.659. The minimum Gasteiger partial charge on any atom is -0.256 e. The third-order valence-corrected chi connectivity index (χ3v) is 5.36. The second kappa shape index (κ2) is 7.36. The van der Waals surface area contributed by atoms with Gasteiger partial charge in [0.25, 0.3) is 0 Å². The van der Waals surface area contributed by atoms with E-state index >= 15 is 0 Å². The molecule has 0 spiro atoms. The fourth-order valence-electron chi connectivity index (χ4n) is 4.09. The molecule has 0 saturated carbocycles. The highest BCUT2D eigenvalue weighted by atomic mass is 14.7. The Morgan fingerprint density at radius 3 is 2.52 bits per heavy atom. The van der Waals surface area contributed by atoms with Crippen molar-refractivity contribution in [2.24, 2.45) is 0 Å². The van der Waals surface area contributed by atoms with Crippen LogP contribution in [0, 0.1) is 0 Å². The topological polar surface area (TPSA) is 12.9 Å². The Morgan fingerprint density at radius 1 is 1.11 bits per heavy atom. The molecule has 0 aliphatic heterocycles. The van der Waals surface area contributed by atoms with Crippen LogP contribution < -0.4 is 0 Å². The van der Waals surface area contributed by atoms with Crippen LogP contribution in [0.25, 0.3) is 23.3 Å². The van der Waals surface area contributed by atoms with Gasteiger partial charge in [-0.15, -0.1) is 0 Å². The molecule has 136 valence electrons. The highest BCUT2D eigenvalue weighted by Gasteiger charge is 2.37. The van der Waals surface area contributed by atoms with Crippen LogP contribution in [0.3, 0.4) is 0 Å². The quantitative estimate of drug-likeness (QED) is 0.571. The van der Waals surface area contributed by atoms with Crippen LogP contribution in [-0.4, -0.2) is 4.98 Å². The van der Waals surface area contributed by atoms with E-state index in [2.05, 4.69) is 75.3 Å². The highest BCUT2D eigenvalue weighted by molar-refractivity contribution is 5.96. The molecule has 0 bridgehead atoms. The number of fused-ring (bicyclic) bond motifs is 1. The molecule has 0 saturated heterocycles. The summed E-state index contributed by atoms with van der Waals surface area (Å²) in [7, 11) is 0. The Morgan fingerprint density at radius 2 is 1.85 bits per heavy atom. The molecule has 2 aromatic rings. The van der Waals surface area contributed by atoms with Crippen molar-refractivity contribution in [1.29, 1.82) is 0 Å². The molecule has 0 N–H and O–H groups in total. The van der Waals surface area contributed by atoms with Crippen molar-refractivity contribution in [2.45, 2.75) is 33.1 Å². The zero-order chi connectivity index (χ0) is 19.6. The minimum atomic E-state index is -0.00687. The molecule has 0 unspecified atom stereocenters. The minimum absolute atomic E-state index is 0.00687. The number of pyridine rings is 1. The molecule has 0 amide bonds. The van der Waals surface area contributed by atoms with Crippen molar-refractivity contribution in [1.82, 2.24) is 4.98 Å². The second-order valence-corrected chi connectivity index (χ2v) is 7.32. The standard InChI is InChI=1S/C26H27N/c1-7-12-25-19(8-2)20(15-16-27-25)18(4)17-22-21-13-10-11-14-24(21)26(5,6)23(22)9-3/h7-17H,2,4H2,1,3,5-6H3/b12-7-,22-17-,23-9+. The van der Waals surface area contributed by atoms with Crippen LogP contribution >= 0.6 is 0 Å². The molecule has 1 aliphatic rings. The number of aromatic nitrogens is 1. The van der Waals surface area contributed by atoms with Gasteiger partial charge in [0.15, 0.2) is 0 Å². The van der Waals surface area contributed by atoms with E-state index in [4.69, 9.17) is 0 Å². The van der Waals surface area contributed by atoms with Crippen molar-refractivity contribution in [3.8, 4) is 0 Å². The number of nitrogens with zero attached hydrogens (tertiary/aromatic N) is 1. The van der Waals surface area contributed by atoms with Crippen LogP contribution in [-0.2, 0) is 5.41 Å². The smallest absolute Gasteiger partial charge is 0.0704 e. The van der Waals surface area contributed by atoms with Crippen molar-refractivity contribution < 1.29 is 0 Å². The summed E-state index contributed by atoms with van der Waals surface area (Å²) >= 11 is 0. The maximum absolute atomic E-state index is 4.47. The molecular formula is C26H27N. The van der Waals surface area contributed by atoms with Gasteiger partial charge >= 0.3 is 0 Å². The molecular weight excluding hydrogens is 326 g/mol. The van der Waals surface area contributed by atoms with E-state index in [1.54, 1.807) is 0 Å². The van der Waals surface area contributed by atoms with E-state index < -0.39 is 0 Å². The molecule has 0 fully saturated rings. The maximum Gasteiger partial charge on any atom is 0.0704 e.